The second-order valence-electron chi connectivity index (χ2n) is 13.0. The largest absolute Gasteiger partial charge is 0.469 e. The Morgan fingerprint density at radius 2 is 0.975 bits per heavy atom. The van der Waals surface area contributed by atoms with Gasteiger partial charge in [0.2, 0.25) is 23.6 Å². The monoisotopic (exact) mass is 556 g/mol. The van der Waals surface area contributed by atoms with Crippen molar-refractivity contribution in [3.63, 3.8) is 0 Å². The average Bonchev–Trinajstić information content (AvgIpc) is 3.42. The van der Waals surface area contributed by atoms with Crippen molar-refractivity contribution in [2.24, 2.45) is 46.3 Å². The Kier molecular flexibility index (Phi) is 6.81. The Morgan fingerprint density at radius 1 is 0.625 bits per heavy atom. The topological polar surface area (TPSA) is 127 Å². The third-order valence-electron chi connectivity index (χ3n) is 11.6. The van der Waals surface area contributed by atoms with Crippen LogP contribution >= 0.6 is 0 Å². The number of nitrogens with zero attached hydrogens (tertiary/aromatic N) is 2. The van der Waals surface area contributed by atoms with Gasteiger partial charge in [0.25, 0.3) is 0 Å². The van der Waals surface area contributed by atoms with E-state index in [0.717, 1.165) is 38.5 Å². The zero-order valence-electron chi connectivity index (χ0n) is 23.5. The van der Waals surface area contributed by atoms with Gasteiger partial charge in [-0.25, -0.2) is 0 Å². The van der Waals surface area contributed by atoms with Gasteiger partial charge in [-0.3, -0.25) is 38.6 Å². The summed E-state index contributed by atoms with van der Waals surface area (Å²) in [6, 6.07) is 0. The van der Waals surface area contributed by atoms with Crippen LogP contribution in [0, 0.1) is 46.3 Å². The third kappa shape index (κ3) is 3.66. The van der Waals surface area contributed by atoms with Crippen molar-refractivity contribution < 1.29 is 38.2 Å². The lowest BCUT2D eigenvalue weighted by molar-refractivity contribution is -0.173. The Bertz CT molecular complexity index is 1040. The SMILES string of the molecule is COC(=O)C12CCC(CC1)[C@H]1C(=O)N(CCCCCCN3C(=O)[C@@H]4C5CCC(C(=O)OC)(CC5)[C@@H]4C3=O)C(=O)[C@H]12. The zero-order valence-corrected chi connectivity index (χ0v) is 23.5. The van der Waals surface area contributed by atoms with E-state index < -0.39 is 34.5 Å². The van der Waals surface area contributed by atoms with E-state index in [9.17, 15) is 28.8 Å². The highest BCUT2D eigenvalue weighted by Gasteiger charge is 2.68. The van der Waals surface area contributed by atoms with Crippen LogP contribution in [-0.4, -0.2) is 72.7 Å². The molecule has 10 heteroatoms. The van der Waals surface area contributed by atoms with Crippen LogP contribution in [0.15, 0.2) is 0 Å². The molecule has 8 fully saturated rings. The first kappa shape index (κ1) is 27.4. The molecule has 6 aliphatic carbocycles. The smallest absolute Gasteiger partial charge is 0.312 e. The number of carbonyl (C=O) groups is 6. The van der Waals surface area contributed by atoms with Crippen molar-refractivity contribution >= 4 is 35.6 Å². The van der Waals surface area contributed by atoms with Gasteiger partial charge in [-0.05, 0) is 76.0 Å². The molecule has 0 aromatic heterocycles. The molecule has 2 heterocycles. The Balaban J connectivity index is 1.02. The number of hydrogen-bond donors (Lipinski definition) is 0. The highest BCUT2D eigenvalue weighted by molar-refractivity contribution is 6.09. The van der Waals surface area contributed by atoms with Gasteiger partial charge in [0.15, 0.2) is 0 Å². The van der Waals surface area contributed by atoms with Crippen LogP contribution in [0.4, 0.5) is 0 Å². The molecule has 10 nitrogen and oxygen atoms in total. The molecule has 2 saturated heterocycles. The second kappa shape index (κ2) is 9.94. The molecule has 2 aliphatic heterocycles. The van der Waals surface area contributed by atoms with Gasteiger partial charge < -0.3 is 9.47 Å². The summed E-state index contributed by atoms with van der Waals surface area (Å²) in [5.41, 5.74) is -1.73. The van der Waals surface area contributed by atoms with E-state index in [0.29, 0.717) is 51.6 Å². The minimum Gasteiger partial charge on any atom is -0.469 e. The first-order valence-corrected chi connectivity index (χ1v) is 15.1. The van der Waals surface area contributed by atoms with Crippen molar-refractivity contribution in [3.05, 3.63) is 0 Å². The van der Waals surface area contributed by atoms with E-state index in [2.05, 4.69) is 0 Å². The van der Waals surface area contributed by atoms with Gasteiger partial charge in [-0.1, -0.05) is 12.8 Å². The lowest BCUT2D eigenvalue weighted by Gasteiger charge is -2.49. The molecule has 8 aliphatic rings. The fraction of sp³-hybridized carbons (Fsp3) is 0.800. The van der Waals surface area contributed by atoms with E-state index in [-0.39, 0.29) is 47.4 Å². The first-order valence-electron chi connectivity index (χ1n) is 15.1. The Labute approximate surface area is 234 Å². The highest BCUT2D eigenvalue weighted by atomic mass is 16.5. The van der Waals surface area contributed by atoms with Crippen molar-refractivity contribution in [2.45, 2.75) is 77.0 Å². The molecule has 4 atom stereocenters. The zero-order chi connectivity index (χ0) is 28.4. The molecule has 4 bridgehead atoms. The summed E-state index contributed by atoms with van der Waals surface area (Å²) in [6.45, 7) is 0.646. The second-order valence-corrected chi connectivity index (χ2v) is 13.0. The maximum atomic E-state index is 13.4. The van der Waals surface area contributed by atoms with Crippen LogP contribution in [0.3, 0.4) is 0 Å². The summed E-state index contributed by atoms with van der Waals surface area (Å²) < 4.78 is 10.2. The standard InChI is InChI=1S/C30H40N2O8/c1-39-27(37)29-11-7-17(8-12-29)19-21(29)25(35)31(23(19)33)15-5-3-4-6-16-32-24(34)20-18-9-13-30(14-10-18,28(38)40-2)22(20)26(32)36/h17-22H,3-16H2,1-2H3/t17?,18?,19-,20-,21+,22+,29?,30?/m1/s1. The summed E-state index contributed by atoms with van der Waals surface area (Å²) in [4.78, 5) is 81.6. The number of hydrogen-bond acceptors (Lipinski definition) is 8. The first-order chi connectivity index (χ1) is 19.2. The quantitative estimate of drug-likeness (QED) is 0.241. The van der Waals surface area contributed by atoms with Gasteiger partial charge in [0.05, 0.1) is 48.7 Å². The summed E-state index contributed by atoms with van der Waals surface area (Å²) in [6.07, 6.45) is 8.30. The molecular weight excluding hydrogens is 516 g/mol. The fourth-order valence-corrected chi connectivity index (χ4v) is 9.67. The number of carbonyl (C=O) groups excluding carboxylic acids is 6. The van der Waals surface area contributed by atoms with Crippen LogP contribution in [-0.2, 0) is 38.2 Å². The molecule has 0 aromatic carbocycles. The number of likely N-dealkylation sites (tertiary alicyclic amines) is 2. The fourth-order valence-electron chi connectivity index (χ4n) is 9.67. The van der Waals surface area contributed by atoms with Gasteiger partial charge in [-0.2, -0.15) is 0 Å². The van der Waals surface area contributed by atoms with E-state index in [1.54, 1.807) is 0 Å². The normalized spacial score (nSPS) is 39.5. The molecular formula is C30H40N2O8. The van der Waals surface area contributed by atoms with E-state index >= 15 is 0 Å². The van der Waals surface area contributed by atoms with E-state index in [1.807, 2.05) is 0 Å². The van der Waals surface area contributed by atoms with Crippen molar-refractivity contribution in [1.82, 2.24) is 9.80 Å². The van der Waals surface area contributed by atoms with Crippen LogP contribution in [0.5, 0.6) is 0 Å². The number of rotatable bonds is 9. The molecule has 40 heavy (non-hydrogen) atoms. The van der Waals surface area contributed by atoms with E-state index in [1.165, 1.54) is 24.0 Å². The van der Waals surface area contributed by atoms with Gasteiger partial charge >= 0.3 is 11.9 Å². The number of esters is 2. The van der Waals surface area contributed by atoms with Crippen molar-refractivity contribution in [3.8, 4) is 0 Å². The van der Waals surface area contributed by atoms with Crippen LogP contribution < -0.4 is 0 Å². The molecule has 0 aromatic rings. The van der Waals surface area contributed by atoms with Crippen molar-refractivity contribution in [1.29, 1.82) is 0 Å². The Morgan fingerprint density at radius 3 is 1.30 bits per heavy atom. The summed E-state index contributed by atoms with van der Waals surface area (Å²) >= 11 is 0. The molecule has 0 N–H and O–H groups in total. The number of fused-ring (bicyclic) bond motifs is 4. The van der Waals surface area contributed by atoms with Gasteiger partial charge in [0.1, 0.15) is 0 Å². The predicted molar refractivity (Wildman–Crippen MR) is 139 cm³/mol. The Hall–Kier alpha value is -2.78. The number of ether oxygens (including phenoxy) is 2. The van der Waals surface area contributed by atoms with Crippen LogP contribution in [0.2, 0.25) is 0 Å². The molecule has 4 amide bonds. The summed E-state index contributed by atoms with van der Waals surface area (Å²) in [5.74, 6) is -3.16. The molecule has 0 radical (unpaired) electrons. The van der Waals surface area contributed by atoms with Crippen LogP contribution in [0.25, 0.3) is 0 Å². The number of methoxy groups -OCH3 is 2. The maximum Gasteiger partial charge on any atom is 0.312 e. The number of imide groups is 2. The molecule has 0 spiro atoms. The molecule has 8 rings (SSSR count). The predicted octanol–water partition coefficient (Wildman–Crippen LogP) is 2.48. The molecule has 218 valence electrons. The number of unbranched alkanes of at least 4 members (excludes halogenated alkanes) is 3. The maximum absolute atomic E-state index is 13.4. The van der Waals surface area contributed by atoms with E-state index in [4.69, 9.17) is 9.47 Å². The van der Waals surface area contributed by atoms with Gasteiger partial charge in [-0.15, -0.1) is 0 Å². The molecule has 6 saturated carbocycles. The lowest BCUT2D eigenvalue weighted by atomic mass is 9.51. The average molecular weight is 557 g/mol. The lowest BCUT2D eigenvalue weighted by Crippen LogP contribution is -2.54. The third-order valence-corrected chi connectivity index (χ3v) is 11.6. The minimum atomic E-state index is -0.867. The van der Waals surface area contributed by atoms with Crippen LogP contribution in [0.1, 0.15) is 77.0 Å². The minimum absolute atomic E-state index is 0.141. The molecule has 0 unspecified atom stereocenters. The highest BCUT2D eigenvalue weighted by Crippen LogP contribution is 2.61. The summed E-state index contributed by atoms with van der Waals surface area (Å²) in [7, 11) is 2.70. The van der Waals surface area contributed by atoms with Crippen molar-refractivity contribution in [2.75, 3.05) is 27.3 Å². The summed E-state index contributed by atoms with van der Waals surface area (Å²) in [5, 5.41) is 0. The van der Waals surface area contributed by atoms with Gasteiger partial charge in [0, 0.05) is 13.1 Å². The number of amides is 4.